The molecule has 1 aliphatic heterocycles. The van der Waals surface area contributed by atoms with Crippen molar-refractivity contribution in [1.82, 2.24) is 10.6 Å². The quantitative estimate of drug-likeness (QED) is 0.834. The summed E-state index contributed by atoms with van der Waals surface area (Å²) < 4.78 is 0. The summed E-state index contributed by atoms with van der Waals surface area (Å²) in [5.41, 5.74) is 2.81. The Hall–Kier alpha value is -0.860. The molecule has 1 aliphatic rings. The number of aryl methyl sites for hydroxylation is 1. The van der Waals surface area contributed by atoms with Crippen molar-refractivity contribution in [3.8, 4) is 0 Å². The van der Waals surface area contributed by atoms with E-state index >= 15 is 0 Å². The van der Waals surface area contributed by atoms with E-state index in [4.69, 9.17) is 0 Å². The van der Waals surface area contributed by atoms with Crippen LogP contribution in [0, 0.1) is 0 Å². The van der Waals surface area contributed by atoms with Crippen molar-refractivity contribution in [3.05, 3.63) is 35.4 Å². The molecule has 17 heavy (non-hydrogen) atoms. The number of piperidine rings is 1. The minimum absolute atomic E-state index is 0.450. The standard InChI is InChI=1S/C15H24N2/c1-3-13-6-8-14(9-7-13)12(2)17-15-5-4-10-16-11-15/h6-9,12,15-17H,3-5,10-11H2,1-2H3. The van der Waals surface area contributed by atoms with Crippen molar-refractivity contribution in [2.75, 3.05) is 13.1 Å². The number of nitrogens with one attached hydrogen (secondary N) is 2. The summed E-state index contributed by atoms with van der Waals surface area (Å²) in [7, 11) is 0. The van der Waals surface area contributed by atoms with Gasteiger partial charge in [-0.2, -0.15) is 0 Å². The largest absolute Gasteiger partial charge is 0.315 e. The molecule has 2 nitrogen and oxygen atoms in total. The van der Waals surface area contributed by atoms with Gasteiger partial charge in [0, 0.05) is 18.6 Å². The van der Waals surface area contributed by atoms with Crippen LogP contribution in [-0.4, -0.2) is 19.1 Å². The molecule has 2 heteroatoms. The summed E-state index contributed by atoms with van der Waals surface area (Å²) in [6.45, 7) is 6.75. The average molecular weight is 232 g/mol. The first-order chi connectivity index (χ1) is 8.29. The van der Waals surface area contributed by atoms with Gasteiger partial charge in [0.2, 0.25) is 0 Å². The maximum absolute atomic E-state index is 3.71. The summed E-state index contributed by atoms with van der Waals surface area (Å²) in [6, 6.07) is 10.1. The highest BCUT2D eigenvalue weighted by Crippen LogP contribution is 2.16. The van der Waals surface area contributed by atoms with Gasteiger partial charge in [0.15, 0.2) is 0 Å². The highest BCUT2D eigenvalue weighted by molar-refractivity contribution is 5.24. The molecule has 2 unspecified atom stereocenters. The van der Waals surface area contributed by atoms with Crippen LogP contribution in [0.1, 0.15) is 43.9 Å². The lowest BCUT2D eigenvalue weighted by atomic mass is 10.0. The first kappa shape index (κ1) is 12.6. The molecule has 94 valence electrons. The van der Waals surface area contributed by atoms with E-state index in [-0.39, 0.29) is 0 Å². The van der Waals surface area contributed by atoms with Crippen LogP contribution >= 0.6 is 0 Å². The molecule has 0 radical (unpaired) electrons. The van der Waals surface area contributed by atoms with Gasteiger partial charge in [-0.1, -0.05) is 31.2 Å². The van der Waals surface area contributed by atoms with E-state index in [1.165, 1.54) is 30.5 Å². The molecule has 2 rings (SSSR count). The zero-order valence-electron chi connectivity index (χ0n) is 11.0. The van der Waals surface area contributed by atoms with Gasteiger partial charge in [-0.3, -0.25) is 0 Å². The molecule has 2 N–H and O–H groups in total. The maximum atomic E-state index is 3.71. The first-order valence-corrected chi connectivity index (χ1v) is 6.85. The second-order valence-corrected chi connectivity index (χ2v) is 5.03. The summed E-state index contributed by atoms with van der Waals surface area (Å²) in [5.74, 6) is 0. The molecule has 0 saturated carbocycles. The Morgan fingerprint density at radius 1 is 1.35 bits per heavy atom. The fraction of sp³-hybridized carbons (Fsp3) is 0.600. The molecule has 1 fully saturated rings. The van der Waals surface area contributed by atoms with Crippen molar-refractivity contribution in [1.29, 1.82) is 0 Å². The van der Waals surface area contributed by atoms with Gasteiger partial charge in [-0.15, -0.1) is 0 Å². The van der Waals surface area contributed by atoms with E-state index in [1.807, 2.05) is 0 Å². The lowest BCUT2D eigenvalue weighted by Crippen LogP contribution is -2.43. The highest BCUT2D eigenvalue weighted by atomic mass is 15.0. The van der Waals surface area contributed by atoms with Crippen molar-refractivity contribution < 1.29 is 0 Å². The van der Waals surface area contributed by atoms with Crippen LogP contribution in [0.4, 0.5) is 0 Å². The molecule has 1 heterocycles. The molecule has 1 aromatic carbocycles. The van der Waals surface area contributed by atoms with Crippen molar-refractivity contribution in [3.63, 3.8) is 0 Å². The van der Waals surface area contributed by atoms with Crippen molar-refractivity contribution in [2.24, 2.45) is 0 Å². The Morgan fingerprint density at radius 3 is 2.71 bits per heavy atom. The Bertz CT molecular complexity index is 325. The van der Waals surface area contributed by atoms with Gasteiger partial charge in [0.05, 0.1) is 0 Å². The fourth-order valence-electron chi connectivity index (χ4n) is 2.49. The Balaban J connectivity index is 1.91. The first-order valence-electron chi connectivity index (χ1n) is 6.85. The topological polar surface area (TPSA) is 24.1 Å². The predicted octanol–water partition coefficient (Wildman–Crippen LogP) is 2.65. The lowest BCUT2D eigenvalue weighted by molar-refractivity contribution is 0.362. The van der Waals surface area contributed by atoms with Crippen LogP contribution in [0.15, 0.2) is 24.3 Å². The van der Waals surface area contributed by atoms with Crippen LogP contribution in [0.25, 0.3) is 0 Å². The van der Waals surface area contributed by atoms with E-state index in [1.54, 1.807) is 0 Å². The van der Waals surface area contributed by atoms with Crippen molar-refractivity contribution >= 4 is 0 Å². The van der Waals surface area contributed by atoms with Gasteiger partial charge in [0.1, 0.15) is 0 Å². The normalized spacial score (nSPS) is 22.4. The van der Waals surface area contributed by atoms with Crippen LogP contribution in [0.2, 0.25) is 0 Å². The Labute approximate surface area is 105 Å². The van der Waals surface area contributed by atoms with E-state index in [0.717, 1.165) is 13.0 Å². The van der Waals surface area contributed by atoms with Crippen LogP contribution in [0.5, 0.6) is 0 Å². The fourth-order valence-corrected chi connectivity index (χ4v) is 2.49. The molecular formula is C15H24N2. The third-order valence-electron chi connectivity index (χ3n) is 3.67. The van der Waals surface area contributed by atoms with E-state index in [9.17, 15) is 0 Å². The van der Waals surface area contributed by atoms with Gasteiger partial charge < -0.3 is 10.6 Å². The monoisotopic (exact) mass is 232 g/mol. The van der Waals surface area contributed by atoms with Gasteiger partial charge >= 0.3 is 0 Å². The van der Waals surface area contributed by atoms with Crippen LogP contribution < -0.4 is 10.6 Å². The van der Waals surface area contributed by atoms with E-state index in [0.29, 0.717) is 12.1 Å². The van der Waals surface area contributed by atoms with Crippen LogP contribution in [-0.2, 0) is 6.42 Å². The van der Waals surface area contributed by atoms with Crippen molar-refractivity contribution in [2.45, 2.75) is 45.2 Å². The molecule has 2 atom stereocenters. The lowest BCUT2D eigenvalue weighted by Gasteiger charge is -2.27. The molecular weight excluding hydrogens is 208 g/mol. The minimum atomic E-state index is 0.450. The van der Waals surface area contributed by atoms with E-state index in [2.05, 4.69) is 48.7 Å². The molecule has 0 spiro atoms. The SMILES string of the molecule is CCc1ccc(C(C)NC2CCCNC2)cc1. The van der Waals surface area contributed by atoms with Gasteiger partial charge in [0.25, 0.3) is 0 Å². The summed E-state index contributed by atoms with van der Waals surface area (Å²) in [5, 5.41) is 7.16. The zero-order valence-corrected chi connectivity index (χ0v) is 11.0. The number of rotatable bonds is 4. The van der Waals surface area contributed by atoms with Crippen LogP contribution in [0.3, 0.4) is 0 Å². The molecule has 1 aromatic rings. The van der Waals surface area contributed by atoms with E-state index < -0.39 is 0 Å². The second-order valence-electron chi connectivity index (χ2n) is 5.03. The summed E-state index contributed by atoms with van der Waals surface area (Å²) in [6.07, 6.45) is 3.71. The maximum Gasteiger partial charge on any atom is 0.0294 e. The predicted molar refractivity (Wildman–Crippen MR) is 73.3 cm³/mol. The molecule has 1 saturated heterocycles. The molecule has 0 bridgehead atoms. The Morgan fingerprint density at radius 2 is 2.12 bits per heavy atom. The minimum Gasteiger partial charge on any atom is -0.315 e. The number of hydrogen-bond donors (Lipinski definition) is 2. The number of hydrogen-bond acceptors (Lipinski definition) is 2. The average Bonchev–Trinajstić information content (AvgIpc) is 2.40. The molecule has 0 aromatic heterocycles. The summed E-state index contributed by atoms with van der Waals surface area (Å²) in [4.78, 5) is 0. The summed E-state index contributed by atoms with van der Waals surface area (Å²) >= 11 is 0. The second kappa shape index (κ2) is 6.18. The Kier molecular flexibility index (Phi) is 4.57. The number of benzene rings is 1. The van der Waals surface area contributed by atoms with Gasteiger partial charge in [-0.05, 0) is 43.9 Å². The van der Waals surface area contributed by atoms with Gasteiger partial charge in [-0.25, -0.2) is 0 Å². The molecule has 0 aliphatic carbocycles. The molecule has 0 amide bonds. The smallest absolute Gasteiger partial charge is 0.0294 e. The zero-order chi connectivity index (χ0) is 12.1. The third-order valence-corrected chi connectivity index (χ3v) is 3.67. The third kappa shape index (κ3) is 3.55. The highest BCUT2D eigenvalue weighted by Gasteiger charge is 2.15.